The van der Waals surface area contributed by atoms with Gasteiger partial charge in [0, 0.05) is 12.0 Å². The fourth-order valence-electron chi connectivity index (χ4n) is 4.44. The number of rotatable bonds is 17. The maximum absolute atomic E-state index is 13.1. The first-order valence-electron chi connectivity index (χ1n) is 12.4. The second kappa shape index (κ2) is 14.2. The maximum Gasteiger partial charge on any atom is 0.323 e. The highest BCUT2D eigenvalue weighted by Gasteiger charge is 2.18. The van der Waals surface area contributed by atoms with Gasteiger partial charge in [-0.2, -0.15) is 0 Å². The normalized spacial score (nSPS) is 11.6. The van der Waals surface area contributed by atoms with E-state index in [1.54, 1.807) is 0 Å². The van der Waals surface area contributed by atoms with Crippen LogP contribution in [0.15, 0.2) is 23.0 Å². The van der Waals surface area contributed by atoms with Crippen LogP contribution in [0.4, 0.5) is 0 Å². The molecule has 0 atom stereocenters. The van der Waals surface area contributed by atoms with E-state index < -0.39 is 0 Å². The molecule has 168 valence electrons. The van der Waals surface area contributed by atoms with Crippen LogP contribution in [0, 0.1) is 5.92 Å². The molecule has 2 aromatic rings. The molecule has 4 heteroatoms. The molecule has 2 N–H and O–H groups in total. The first-order valence-corrected chi connectivity index (χ1v) is 12.4. The fraction of sp³-hybridized carbons (Fsp3) is 0.692. The van der Waals surface area contributed by atoms with Crippen molar-refractivity contribution in [1.82, 2.24) is 9.97 Å². The number of unbranched alkanes of at least 4 members (excludes halogenated alkanes) is 10. The first-order chi connectivity index (χ1) is 14.7. The lowest BCUT2D eigenvalue weighted by atomic mass is 9.88. The highest BCUT2D eigenvalue weighted by atomic mass is 16.1. The summed E-state index contributed by atoms with van der Waals surface area (Å²) in [5, 5.41) is 0. The summed E-state index contributed by atoms with van der Waals surface area (Å²) in [6, 6.07) is 5.55. The number of aromatic nitrogens is 2. The number of hydrogen-bond acceptors (Lipinski definition) is 2. The molecule has 0 saturated heterocycles. The summed E-state index contributed by atoms with van der Waals surface area (Å²) in [5.41, 5.74) is 1.78. The number of ketones is 1. The molecule has 0 aliphatic carbocycles. The van der Waals surface area contributed by atoms with Crippen molar-refractivity contribution in [3.05, 3.63) is 34.2 Å². The highest BCUT2D eigenvalue weighted by molar-refractivity contribution is 6.06. The molecule has 0 aliphatic rings. The molecule has 0 fully saturated rings. The Labute approximate surface area is 182 Å². The Bertz CT molecular complexity index is 774. The van der Waals surface area contributed by atoms with Gasteiger partial charge in [0.25, 0.3) is 0 Å². The van der Waals surface area contributed by atoms with E-state index in [1.807, 2.05) is 18.2 Å². The Morgan fingerprint density at radius 1 is 0.800 bits per heavy atom. The molecule has 0 saturated carbocycles. The third-order valence-corrected chi connectivity index (χ3v) is 6.26. The Morgan fingerprint density at radius 3 is 1.97 bits per heavy atom. The molecular formula is C26H42N2O2. The molecule has 0 bridgehead atoms. The largest absolute Gasteiger partial charge is 0.323 e. The van der Waals surface area contributed by atoms with Gasteiger partial charge in [0.15, 0.2) is 5.78 Å². The van der Waals surface area contributed by atoms with E-state index in [0.29, 0.717) is 28.9 Å². The Balaban J connectivity index is 1.90. The van der Waals surface area contributed by atoms with Crippen molar-refractivity contribution in [1.29, 1.82) is 0 Å². The van der Waals surface area contributed by atoms with E-state index in [4.69, 9.17) is 0 Å². The van der Waals surface area contributed by atoms with E-state index in [0.717, 1.165) is 12.8 Å². The zero-order valence-corrected chi connectivity index (χ0v) is 19.2. The Morgan fingerprint density at radius 2 is 1.37 bits per heavy atom. The molecule has 0 spiro atoms. The lowest BCUT2D eigenvalue weighted by molar-refractivity contribution is 0.0956. The van der Waals surface area contributed by atoms with Crippen LogP contribution < -0.4 is 5.69 Å². The second-order valence-corrected chi connectivity index (χ2v) is 8.91. The van der Waals surface area contributed by atoms with Gasteiger partial charge in [0.2, 0.25) is 0 Å². The minimum atomic E-state index is -0.249. The summed E-state index contributed by atoms with van der Waals surface area (Å²) in [5.74, 6) is 0.619. The van der Waals surface area contributed by atoms with Gasteiger partial charge < -0.3 is 9.97 Å². The van der Waals surface area contributed by atoms with Crippen molar-refractivity contribution in [2.45, 2.75) is 110 Å². The number of carbonyl (C=O) groups is 1. The van der Waals surface area contributed by atoms with Gasteiger partial charge in [-0.3, -0.25) is 4.79 Å². The molecular weight excluding hydrogens is 372 g/mol. The Hall–Kier alpha value is -1.84. The van der Waals surface area contributed by atoms with E-state index >= 15 is 0 Å². The monoisotopic (exact) mass is 414 g/mol. The van der Waals surface area contributed by atoms with E-state index in [2.05, 4.69) is 23.8 Å². The standard InChI is InChI=1S/C26H42N2O2/c1-3-5-7-9-11-13-16-21(17-14-12-10-8-6-4-2)20-24(29)22-18-15-19-23-25(22)28-26(30)27-23/h15,18-19,21H,3-14,16-17,20H2,1-2H3,(H2,27,28,30). The molecule has 1 aromatic heterocycles. The van der Waals surface area contributed by atoms with Crippen molar-refractivity contribution in [3.8, 4) is 0 Å². The number of imidazole rings is 1. The minimum Gasteiger partial charge on any atom is -0.306 e. The fourth-order valence-corrected chi connectivity index (χ4v) is 4.44. The van der Waals surface area contributed by atoms with Gasteiger partial charge in [0.1, 0.15) is 0 Å². The predicted octanol–water partition coefficient (Wildman–Crippen LogP) is 7.55. The van der Waals surface area contributed by atoms with Crippen LogP contribution in [0.5, 0.6) is 0 Å². The van der Waals surface area contributed by atoms with Gasteiger partial charge >= 0.3 is 5.69 Å². The molecule has 0 amide bonds. The topological polar surface area (TPSA) is 65.7 Å². The van der Waals surface area contributed by atoms with Crippen LogP contribution in [0.3, 0.4) is 0 Å². The van der Waals surface area contributed by atoms with Crippen molar-refractivity contribution in [2.24, 2.45) is 5.92 Å². The summed E-state index contributed by atoms with van der Waals surface area (Å²) in [7, 11) is 0. The number of fused-ring (bicyclic) bond motifs is 1. The molecule has 1 heterocycles. The van der Waals surface area contributed by atoms with Crippen LogP contribution in [0.1, 0.15) is 121 Å². The molecule has 1 aromatic carbocycles. The van der Waals surface area contributed by atoms with Crippen LogP contribution in [-0.4, -0.2) is 15.8 Å². The van der Waals surface area contributed by atoms with Gasteiger partial charge in [0.05, 0.1) is 11.0 Å². The number of aromatic amines is 2. The van der Waals surface area contributed by atoms with E-state index in [9.17, 15) is 9.59 Å². The third-order valence-electron chi connectivity index (χ3n) is 6.26. The summed E-state index contributed by atoms with van der Waals surface area (Å²) in [6.07, 6.45) is 18.4. The number of hydrogen-bond donors (Lipinski definition) is 2. The average Bonchev–Trinajstić information content (AvgIpc) is 3.12. The number of H-pyrrole nitrogens is 2. The number of nitrogens with one attached hydrogen (secondary N) is 2. The first kappa shape index (κ1) is 24.4. The predicted molar refractivity (Wildman–Crippen MR) is 127 cm³/mol. The summed E-state index contributed by atoms with van der Waals surface area (Å²) < 4.78 is 0. The number of benzene rings is 1. The van der Waals surface area contributed by atoms with Gasteiger partial charge in [-0.25, -0.2) is 4.79 Å². The van der Waals surface area contributed by atoms with Crippen molar-refractivity contribution in [3.63, 3.8) is 0 Å². The number of carbonyl (C=O) groups excluding carboxylic acids is 1. The second-order valence-electron chi connectivity index (χ2n) is 8.91. The van der Waals surface area contributed by atoms with Crippen LogP contribution in [-0.2, 0) is 0 Å². The molecule has 0 unspecified atom stereocenters. The summed E-state index contributed by atoms with van der Waals surface area (Å²) in [6.45, 7) is 4.50. The van der Waals surface area contributed by atoms with Crippen molar-refractivity contribution < 1.29 is 4.79 Å². The maximum atomic E-state index is 13.1. The van der Waals surface area contributed by atoms with E-state index in [1.165, 1.54) is 77.0 Å². The lowest BCUT2D eigenvalue weighted by Gasteiger charge is -2.17. The van der Waals surface area contributed by atoms with Crippen molar-refractivity contribution >= 4 is 16.8 Å². The van der Waals surface area contributed by atoms with Gasteiger partial charge in [-0.15, -0.1) is 0 Å². The number of para-hydroxylation sites is 1. The van der Waals surface area contributed by atoms with E-state index in [-0.39, 0.29) is 11.5 Å². The zero-order chi connectivity index (χ0) is 21.6. The molecule has 2 rings (SSSR count). The van der Waals surface area contributed by atoms with Gasteiger partial charge in [-0.05, 0) is 18.1 Å². The molecule has 0 aliphatic heterocycles. The average molecular weight is 415 g/mol. The zero-order valence-electron chi connectivity index (χ0n) is 19.2. The summed E-state index contributed by atoms with van der Waals surface area (Å²) >= 11 is 0. The highest BCUT2D eigenvalue weighted by Crippen LogP contribution is 2.25. The third kappa shape index (κ3) is 8.49. The quantitative estimate of drug-likeness (QED) is 0.207. The number of Topliss-reactive ketones (excluding diaryl/α,β-unsaturated/α-hetero) is 1. The van der Waals surface area contributed by atoms with Crippen molar-refractivity contribution in [2.75, 3.05) is 0 Å². The van der Waals surface area contributed by atoms with Crippen LogP contribution in [0.25, 0.3) is 11.0 Å². The lowest BCUT2D eigenvalue weighted by Crippen LogP contribution is -2.10. The molecule has 30 heavy (non-hydrogen) atoms. The smallest absolute Gasteiger partial charge is 0.306 e. The molecule has 0 radical (unpaired) electrons. The van der Waals surface area contributed by atoms with Gasteiger partial charge in [-0.1, -0.05) is 110 Å². The molecule has 4 nitrogen and oxygen atoms in total. The SMILES string of the molecule is CCCCCCCCC(CCCCCCCC)CC(=O)c1cccc2[nH]c(=O)[nH]c12. The van der Waals surface area contributed by atoms with Crippen LogP contribution >= 0.6 is 0 Å². The summed E-state index contributed by atoms with van der Waals surface area (Å²) in [4.78, 5) is 30.3. The van der Waals surface area contributed by atoms with Crippen LogP contribution in [0.2, 0.25) is 0 Å². The minimum absolute atomic E-state index is 0.165. The Kier molecular flexibility index (Phi) is 11.6.